The number of hydrogen-bond donors (Lipinski definition) is 1. The molecule has 0 radical (unpaired) electrons. The van der Waals surface area contributed by atoms with Crippen molar-refractivity contribution >= 4 is 0 Å². The largest absolute Gasteiger partial charge is 0.516 e. The molecule has 0 spiro atoms. The van der Waals surface area contributed by atoms with E-state index in [1.165, 1.54) is 34.4 Å². The van der Waals surface area contributed by atoms with Gasteiger partial charge < -0.3 is 5.11 Å². The Morgan fingerprint density at radius 3 is 1.30 bits per heavy atom. The highest BCUT2D eigenvalue weighted by Crippen LogP contribution is 2.31. The summed E-state index contributed by atoms with van der Waals surface area (Å²) >= 11 is 0. The second-order valence-corrected chi connectivity index (χ2v) is 4.85. The summed E-state index contributed by atoms with van der Waals surface area (Å²) in [6.07, 6.45) is 3.88. The first-order valence-electron chi connectivity index (χ1n) is 7.48. The fraction of sp³-hybridized carbons (Fsp3) is 0. The highest BCUT2D eigenvalue weighted by molar-refractivity contribution is 5.83. The Bertz CT molecular complexity index is 685. The Kier molecular flexibility index (Phi) is 6.43. The third kappa shape index (κ3) is 4.72. The molecule has 0 aliphatic heterocycles. The maximum Gasteiger partial charge on any atom is 0.0791 e. The summed E-state index contributed by atoms with van der Waals surface area (Å²) in [6.45, 7) is 3.30. The van der Waals surface area contributed by atoms with E-state index in [1.807, 2.05) is 0 Å². The van der Waals surface area contributed by atoms with E-state index in [4.69, 9.17) is 5.11 Å². The maximum atomic E-state index is 7.81. The predicted octanol–water partition coefficient (Wildman–Crippen LogP) is 6.26. The number of aliphatic hydroxyl groups is 1. The minimum Gasteiger partial charge on any atom is -0.516 e. The Morgan fingerprint density at radius 2 is 1.00 bits per heavy atom. The van der Waals surface area contributed by atoms with Gasteiger partial charge in [0.05, 0.1) is 6.26 Å². The van der Waals surface area contributed by atoms with Crippen molar-refractivity contribution in [3.63, 3.8) is 0 Å². The summed E-state index contributed by atoms with van der Waals surface area (Å²) < 4.78 is 0. The molecule has 0 aliphatic carbocycles. The van der Waals surface area contributed by atoms with Gasteiger partial charge in [-0.25, -0.2) is 0 Å². The third-order valence-corrected chi connectivity index (χ3v) is 3.32. The van der Waals surface area contributed by atoms with Gasteiger partial charge in [0.25, 0.3) is 0 Å². The first kappa shape index (κ1) is 16.3. The van der Waals surface area contributed by atoms with Crippen molar-refractivity contribution in [1.29, 1.82) is 0 Å². The number of rotatable bonds is 3. The molecule has 3 aromatic carbocycles. The number of benzene rings is 3. The minimum atomic E-state index is 0.938. The van der Waals surface area contributed by atoms with Crippen molar-refractivity contribution in [2.75, 3.05) is 0 Å². The van der Waals surface area contributed by atoms with E-state index in [2.05, 4.69) is 91.5 Å². The average Bonchev–Trinajstić information content (AvgIpc) is 2.64. The summed E-state index contributed by atoms with van der Waals surface area (Å²) in [4.78, 5) is 0. The van der Waals surface area contributed by atoms with Crippen molar-refractivity contribution in [2.45, 2.75) is 0 Å². The van der Waals surface area contributed by atoms with Crippen LogP contribution in [0.15, 0.2) is 110 Å². The van der Waals surface area contributed by atoms with E-state index in [9.17, 15) is 0 Å². The monoisotopic (exact) mass is 300 g/mol. The first-order valence-corrected chi connectivity index (χ1v) is 7.48. The van der Waals surface area contributed by atoms with Crippen molar-refractivity contribution in [2.24, 2.45) is 0 Å². The summed E-state index contributed by atoms with van der Waals surface area (Å²) in [6, 6.07) is 29.6. The molecule has 23 heavy (non-hydrogen) atoms. The lowest BCUT2D eigenvalue weighted by molar-refractivity contribution is 0.474. The summed E-state index contributed by atoms with van der Waals surface area (Å²) in [7, 11) is 0. The molecule has 1 N–H and O–H groups in total. The molecule has 0 aromatic heterocycles. The van der Waals surface area contributed by atoms with Crippen LogP contribution in [0.25, 0.3) is 22.3 Å². The van der Waals surface area contributed by atoms with E-state index in [1.54, 1.807) is 0 Å². The van der Waals surface area contributed by atoms with Crippen LogP contribution in [0.4, 0.5) is 0 Å². The van der Waals surface area contributed by atoms with Gasteiger partial charge in [-0.3, -0.25) is 0 Å². The van der Waals surface area contributed by atoms with Gasteiger partial charge in [0, 0.05) is 0 Å². The zero-order valence-corrected chi connectivity index (χ0v) is 13.0. The minimum absolute atomic E-state index is 0.938. The van der Waals surface area contributed by atoms with Crippen LogP contribution in [0.5, 0.6) is 0 Å². The zero-order valence-electron chi connectivity index (χ0n) is 13.0. The van der Waals surface area contributed by atoms with Crippen LogP contribution in [-0.2, 0) is 0 Å². The van der Waals surface area contributed by atoms with Crippen molar-refractivity contribution in [3.05, 3.63) is 110 Å². The molecular formula is C22H20O. The first-order chi connectivity index (χ1) is 11.4. The van der Waals surface area contributed by atoms with E-state index >= 15 is 0 Å². The molecule has 3 aromatic rings. The molecule has 0 aliphatic rings. The molecular weight excluding hydrogens is 280 g/mol. The van der Waals surface area contributed by atoms with Crippen LogP contribution in [0.2, 0.25) is 0 Å². The van der Waals surface area contributed by atoms with Gasteiger partial charge in [-0.05, 0) is 28.3 Å². The molecule has 0 heterocycles. The zero-order chi connectivity index (χ0) is 16.3. The van der Waals surface area contributed by atoms with Gasteiger partial charge in [-0.2, -0.15) is 0 Å². The average molecular weight is 300 g/mol. The molecule has 0 saturated carbocycles. The fourth-order valence-electron chi connectivity index (χ4n) is 2.28. The van der Waals surface area contributed by atoms with E-state index in [0.717, 1.165) is 6.26 Å². The Morgan fingerprint density at radius 1 is 0.609 bits per heavy atom. The van der Waals surface area contributed by atoms with Crippen LogP contribution in [0.1, 0.15) is 0 Å². The third-order valence-electron chi connectivity index (χ3n) is 3.32. The van der Waals surface area contributed by atoms with Gasteiger partial charge >= 0.3 is 0 Å². The second-order valence-electron chi connectivity index (χ2n) is 4.85. The standard InChI is InChI=1S/C18H14.C4H6O/c1-3-9-15(10-4-1)17-13-7-8-14-18(17)16-11-5-2-6-12-16;1-2-3-4-5/h1-14H;2-5H,1H2. The van der Waals surface area contributed by atoms with Gasteiger partial charge in [0.2, 0.25) is 0 Å². The topological polar surface area (TPSA) is 20.2 Å². The maximum absolute atomic E-state index is 7.81. The molecule has 114 valence electrons. The van der Waals surface area contributed by atoms with E-state index in [-0.39, 0.29) is 0 Å². The van der Waals surface area contributed by atoms with E-state index < -0.39 is 0 Å². The molecule has 0 fully saturated rings. The van der Waals surface area contributed by atoms with Gasteiger partial charge in [-0.15, -0.1) is 0 Å². The lowest BCUT2D eigenvalue weighted by Gasteiger charge is -2.09. The van der Waals surface area contributed by atoms with Gasteiger partial charge in [-0.1, -0.05) is 97.6 Å². The number of aliphatic hydroxyl groups excluding tert-OH is 1. The Balaban J connectivity index is 0.000000338. The lowest BCUT2D eigenvalue weighted by atomic mass is 9.95. The van der Waals surface area contributed by atoms with Gasteiger partial charge in [0.1, 0.15) is 0 Å². The molecule has 0 amide bonds. The normalized spacial score (nSPS) is 9.91. The van der Waals surface area contributed by atoms with Crippen LogP contribution in [0, 0.1) is 0 Å². The van der Waals surface area contributed by atoms with Gasteiger partial charge in [0.15, 0.2) is 0 Å². The van der Waals surface area contributed by atoms with Crippen LogP contribution in [0.3, 0.4) is 0 Å². The molecule has 0 unspecified atom stereocenters. The van der Waals surface area contributed by atoms with Crippen LogP contribution >= 0.6 is 0 Å². The number of allylic oxidation sites excluding steroid dienone is 2. The summed E-state index contributed by atoms with van der Waals surface area (Å²) in [5.41, 5.74) is 5.09. The Labute approximate surface area is 137 Å². The smallest absolute Gasteiger partial charge is 0.0791 e. The molecule has 0 bridgehead atoms. The number of hydrogen-bond acceptors (Lipinski definition) is 1. The predicted molar refractivity (Wildman–Crippen MR) is 99.3 cm³/mol. The quantitative estimate of drug-likeness (QED) is 0.447. The lowest BCUT2D eigenvalue weighted by Crippen LogP contribution is -1.83. The summed E-state index contributed by atoms with van der Waals surface area (Å²) in [5, 5.41) is 7.81. The SMILES string of the molecule is C=CC=CO.c1ccc(-c2ccccc2-c2ccccc2)cc1. The fourth-order valence-corrected chi connectivity index (χ4v) is 2.28. The highest BCUT2D eigenvalue weighted by atomic mass is 16.2. The molecule has 1 nitrogen and oxygen atoms in total. The van der Waals surface area contributed by atoms with Crippen LogP contribution in [-0.4, -0.2) is 5.11 Å². The highest BCUT2D eigenvalue weighted by Gasteiger charge is 2.05. The van der Waals surface area contributed by atoms with E-state index in [0.29, 0.717) is 0 Å². The van der Waals surface area contributed by atoms with Crippen molar-refractivity contribution < 1.29 is 5.11 Å². The van der Waals surface area contributed by atoms with Crippen LogP contribution < -0.4 is 0 Å². The van der Waals surface area contributed by atoms with Crippen molar-refractivity contribution in [1.82, 2.24) is 0 Å². The molecule has 0 atom stereocenters. The molecule has 3 rings (SSSR count). The Hall–Kier alpha value is -3.06. The molecule has 0 saturated heterocycles. The second kappa shape index (κ2) is 9.06. The van der Waals surface area contributed by atoms with Crippen molar-refractivity contribution in [3.8, 4) is 22.3 Å². The summed E-state index contributed by atoms with van der Waals surface area (Å²) in [5.74, 6) is 0. The molecule has 1 heteroatoms.